The minimum atomic E-state index is -4.42. The Balaban J connectivity index is 1.62. The first kappa shape index (κ1) is 20.1. The SMILES string of the molecule is O=C(Cc1ccc(C(F)(F)F)cc1)Nc1cccc(C(=O)Nc2ccccn2)c1. The Hall–Kier alpha value is -3.68. The van der Waals surface area contributed by atoms with Crippen LogP contribution in [0.3, 0.4) is 0 Å². The van der Waals surface area contributed by atoms with E-state index in [1.165, 1.54) is 18.2 Å². The van der Waals surface area contributed by atoms with Crippen LogP contribution in [-0.4, -0.2) is 16.8 Å². The number of hydrogen-bond acceptors (Lipinski definition) is 3. The molecule has 8 heteroatoms. The van der Waals surface area contributed by atoms with Crippen molar-refractivity contribution in [3.8, 4) is 0 Å². The van der Waals surface area contributed by atoms with Gasteiger partial charge in [-0.05, 0) is 48.0 Å². The molecule has 0 atom stereocenters. The molecule has 2 N–H and O–H groups in total. The first-order valence-corrected chi connectivity index (χ1v) is 8.60. The fourth-order valence-electron chi connectivity index (χ4n) is 2.57. The van der Waals surface area contributed by atoms with Gasteiger partial charge in [0.25, 0.3) is 5.91 Å². The molecule has 5 nitrogen and oxygen atoms in total. The van der Waals surface area contributed by atoms with E-state index >= 15 is 0 Å². The summed E-state index contributed by atoms with van der Waals surface area (Å²) in [5.41, 5.74) is 0.395. The highest BCUT2D eigenvalue weighted by Gasteiger charge is 2.29. The largest absolute Gasteiger partial charge is 0.416 e. The van der Waals surface area contributed by atoms with Crippen LogP contribution in [0.15, 0.2) is 72.9 Å². The summed E-state index contributed by atoms with van der Waals surface area (Å²) >= 11 is 0. The molecular weight excluding hydrogens is 383 g/mol. The predicted molar refractivity (Wildman–Crippen MR) is 102 cm³/mol. The molecule has 1 aromatic heterocycles. The van der Waals surface area contributed by atoms with Crippen LogP contribution >= 0.6 is 0 Å². The Morgan fingerprint density at radius 2 is 1.66 bits per heavy atom. The van der Waals surface area contributed by atoms with Gasteiger partial charge in [-0.1, -0.05) is 24.3 Å². The van der Waals surface area contributed by atoms with Gasteiger partial charge in [0.2, 0.25) is 5.91 Å². The van der Waals surface area contributed by atoms with E-state index in [9.17, 15) is 22.8 Å². The maximum atomic E-state index is 12.6. The number of benzene rings is 2. The van der Waals surface area contributed by atoms with Crippen LogP contribution in [0.1, 0.15) is 21.5 Å². The number of pyridine rings is 1. The van der Waals surface area contributed by atoms with Gasteiger partial charge >= 0.3 is 6.18 Å². The third kappa shape index (κ3) is 5.65. The highest BCUT2D eigenvalue weighted by Crippen LogP contribution is 2.29. The Kier molecular flexibility index (Phi) is 5.92. The van der Waals surface area contributed by atoms with Gasteiger partial charge in [0.15, 0.2) is 0 Å². The second kappa shape index (κ2) is 8.55. The molecule has 0 aliphatic carbocycles. The van der Waals surface area contributed by atoms with E-state index in [4.69, 9.17) is 0 Å². The minimum Gasteiger partial charge on any atom is -0.326 e. The monoisotopic (exact) mass is 399 g/mol. The molecule has 0 saturated carbocycles. The van der Waals surface area contributed by atoms with Crippen molar-refractivity contribution in [2.75, 3.05) is 10.6 Å². The van der Waals surface area contributed by atoms with Crippen LogP contribution < -0.4 is 10.6 Å². The van der Waals surface area contributed by atoms with Gasteiger partial charge in [0, 0.05) is 17.4 Å². The van der Waals surface area contributed by atoms with Crippen LogP contribution in [0.5, 0.6) is 0 Å². The topological polar surface area (TPSA) is 71.1 Å². The molecule has 0 bridgehead atoms. The molecule has 2 aromatic carbocycles. The van der Waals surface area contributed by atoms with Gasteiger partial charge in [-0.2, -0.15) is 13.2 Å². The lowest BCUT2D eigenvalue weighted by molar-refractivity contribution is -0.137. The van der Waals surface area contributed by atoms with Gasteiger partial charge in [-0.3, -0.25) is 9.59 Å². The van der Waals surface area contributed by atoms with Crippen molar-refractivity contribution in [1.29, 1.82) is 0 Å². The molecule has 0 radical (unpaired) electrons. The van der Waals surface area contributed by atoms with Crippen LogP contribution in [0.4, 0.5) is 24.7 Å². The zero-order valence-corrected chi connectivity index (χ0v) is 15.0. The Morgan fingerprint density at radius 3 is 2.31 bits per heavy atom. The van der Waals surface area contributed by atoms with Gasteiger partial charge in [0.05, 0.1) is 12.0 Å². The Morgan fingerprint density at radius 1 is 0.897 bits per heavy atom. The summed E-state index contributed by atoms with van der Waals surface area (Å²) in [7, 11) is 0. The van der Waals surface area contributed by atoms with Crippen molar-refractivity contribution in [1.82, 2.24) is 4.98 Å². The highest BCUT2D eigenvalue weighted by molar-refractivity contribution is 6.05. The van der Waals surface area contributed by atoms with E-state index in [-0.39, 0.29) is 12.3 Å². The van der Waals surface area contributed by atoms with Crippen molar-refractivity contribution < 1.29 is 22.8 Å². The highest BCUT2D eigenvalue weighted by atomic mass is 19.4. The number of rotatable bonds is 5. The van der Waals surface area contributed by atoms with E-state index in [1.807, 2.05) is 0 Å². The maximum Gasteiger partial charge on any atom is 0.416 e. The van der Waals surface area contributed by atoms with Crippen molar-refractivity contribution >= 4 is 23.3 Å². The number of hydrogen-bond donors (Lipinski definition) is 2. The molecule has 29 heavy (non-hydrogen) atoms. The number of aromatic nitrogens is 1. The smallest absolute Gasteiger partial charge is 0.326 e. The number of anilines is 2. The lowest BCUT2D eigenvalue weighted by atomic mass is 10.1. The molecule has 0 spiro atoms. The number of amides is 2. The summed E-state index contributed by atoms with van der Waals surface area (Å²) in [6.45, 7) is 0. The number of carbonyl (C=O) groups is 2. The fourth-order valence-corrected chi connectivity index (χ4v) is 2.57. The van der Waals surface area contributed by atoms with Crippen LogP contribution in [0.2, 0.25) is 0 Å². The lowest BCUT2D eigenvalue weighted by Gasteiger charge is -2.09. The second-order valence-corrected chi connectivity index (χ2v) is 6.17. The number of nitrogens with one attached hydrogen (secondary N) is 2. The molecule has 1 heterocycles. The number of carbonyl (C=O) groups excluding carboxylic acids is 2. The fraction of sp³-hybridized carbons (Fsp3) is 0.0952. The molecule has 0 aliphatic heterocycles. The van der Waals surface area contributed by atoms with Gasteiger partial charge in [-0.25, -0.2) is 4.98 Å². The average Bonchev–Trinajstić information content (AvgIpc) is 2.68. The average molecular weight is 399 g/mol. The summed E-state index contributed by atoms with van der Waals surface area (Å²) in [4.78, 5) is 28.5. The molecule has 3 rings (SSSR count). The van der Waals surface area contributed by atoms with Gasteiger partial charge in [0.1, 0.15) is 5.82 Å². The number of nitrogens with zero attached hydrogens (tertiary/aromatic N) is 1. The summed E-state index contributed by atoms with van der Waals surface area (Å²) in [6.07, 6.45) is -2.97. The third-order valence-corrected chi connectivity index (χ3v) is 3.96. The molecule has 0 fully saturated rings. The zero-order valence-electron chi connectivity index (χ0n) is 15.0. The standard InChI is InChI=1S/C21H16F3N3O2/c22-21(23,24)16-9-7-14(8-10-16)12-19(28)26-17-5-3-4-15(13-17)20(29)27-18-6-1-2-11-25-18/h1-11,13H,12H2,(H,26,28)(H,25,27,29). The van der Waals surface area contributed by atoms with E-state index in [1.54, 1.807) is 42.6 Å². The summed E-state index contributed by atoms with van der Waals surface area (Å²) in [5, 5.41) is 5.28. The number of alkyl halides is 3. The van der Waals surface area contributed by atoms with Gasteiger partial charge in [-0.15, -0.1) is 0 Å². The summed E-state index contributed by atoms with van der Waals surface area (Å²) in [6, 6.07) is 15.8. The van der Waals surface area contributed by atoms with E-state index in [0.717, 1.165) is 12.1 Å². The lowest BCUT2D eigenvalue weighted by Crippen LogP contribution is -2.16. The van der Waals surface area contributed by atoms with Crippen molar-refractivity contribution in [2.45, 2.75) is 12.6 Å². The summed E-state index contributed by atoms with van der Waals surface area (Å²) in [5.74, 6) is -0.399. The maximum absolute atomic E-state index is 12.6. The quantitative estimate of drug-likeness (QED) is 0.662. The van der Waals surface area contributed by atoms with E-state index in [0.29, 0.717) is 22.6 Å². The van der Waals surface area contributed by atoms with Crippen molar-refractivity contribution in [3.63, 3.8) is 0 Å². The van der Waals surface area contributed by atoms with Crippen molar-refractivity contribution in [2.24, 2.45) is 0 Å². The molecule has 2 amide bonds. The van der Waals surface area contributed by atoms with Gasteiger partial charge < -0.3 is 10.6 Å². The molecule has 3 aromatic rings. The molecule has 0 unspecified atom stereocenters. The normalized spacial score (nSPS) is 11.0. The first-order valence-electron chi connectivity index (χ1n) is 8.60. The molecule has 0 aliphatic rings. The minimum absolute atomic E-state index is 0.0947. The number of halogens is 3. The first-order chi connectivity index (χ1) is 13.8. The zero-order chi connectivity index (χ0) is 20.9. The Labute approximate surface area is 164 Å². The molecule has 148 valence electrons. The van der Waals surface area contributed by atoms with Crippen molar-refractivity contribution in [3.05, 3.63) is 89.6 Å². The van der Waals surface area contributed by atoms with Crippen LogP contribution in [0.25, 0.3) is 0 Å². The third-order valence-electron chi connectivity index (χ3n) is 3.96. The predicted octanol–water partition coefficient (Wildman–Crippen LogP) is 4.53. The Bertz CT molecular complexity index is 1000. The summed E-state index contributed by atoms with van der Waals surface area (Å²) < 4.78 is 37.8. The second-order valence-electron chi connectivity index (χ2n) is 6.17. The van der Waals surface area contributed by atoms with E-state index < -0.39 is 17.6 Å². The van der Waals surface area contributed by atoms with Crippen LogP contribution in [0, 0.1) is 0 Å². The van der Waals surface area contributed by atoms with E-state index in [2.05, 4.69) is 15.6 Å². The van der Waals surface area contributed by atoms with Crippen LogP contribution in [-0.2, 0) is 17.4 Å². The molecular formula is C21H16F3N3O2. The molecule has 0 saturated heterocycles.